The topological polar surface area (TPSA) is 70.1 Å². The SMILES string of the molecule is Cc1cc(C)nc(CNC2CCN(c3cc(C)nc(N4CCCC4)n3)CC2)n1. The van der Waals surface area contributed by atoms with Crippen LogP contribution in [0, 0.1) is 20.8 Å². The van der Waals surface area contributed by atoms with Crippen LogP contribution in [0.1, 0.15) is 48.6 Å². The molecule has 2 aromatic heterocycles. The van der Waals surface area contributed by atoms with Crippen LogP contribution in [0.3, 0.4) is 0 Å². The van der Waals surface area contributed by atoms with Crippen molar-refractivity contribution < 1.29 is 0 Å². The Kier molecular flexibility index (Phi) is 5.71. The van der Waals surface area contributed by atoms with Crippen molar-refractivity contribution >= 4 is 11.8 Å². The zero-order valence-corrected chi connectivity index (χ0v) is 17.3. The highest BCUT2D eigenvalue weighted by Crippen LogP contribution is 2.23. The number of anilines is 2. The number of nitrogens with one attached hydrogen (secondary N) is 1. The zero-order chi connectivity index (χ0) is 19.5. The van der Waals surface area contributed by atoms with Crippen molar-refractivity contribution in [3.05, 3.63) is 35.0 Å². The van der Waals surface area contributed by atoms with E-state index in [1.165, 1.54) is 12.8 Å². The van der Waals surface area contributed by atoms with Crippen LogP contribution in [0.2, 0.25) is 0 Å². The van der Waals surface area contributed by atoms with E-state index in [0.29, 0.717) is 6.04 Å². The van der Waals surface area contributed by atoms with E-state index >= 15 is 0 Å². The lowest BCUT2D eigenvalue weighted by Gasteiger charge is -2.33. The minimum Gasteiger partial charge on any atom is -0.356 e. The third kappa shape index (κ3) is 4.58. The standard InChI is InChI=1S/C21H31N7/c1-15-12-16(2)24-19(23-15)14-22-18-6-10-27(11-7-18)20-13-17(3)25-21(26-20)28-8-4-5-9-28/h12-13,18,22H,4-11,14H2,1-3H3. The largest absolute Gasteiger partial charge is 0.356 e. The fourth-order valence-electron chi connectivity index (χ4n) is 4.18. The summed E-state index contributed by atoms with van der Waals surface area (Å²) in [5.74, 6) is 2.87. The summed E-state index contributed by atoms with van der Waals surface area (Å²) in [6, 6.07) is 4.64. The van der Waals surface area contributed by atoms with Crippen LogP contribution < -0.4 is 15.1 Å². The van der Waals surface area contributed by atoms with E-state index in [1.807, 2.05) is 19.9 Å². The molecule has 2 saturated heterocycles. The molecule has 0 unspecified atom stereocenters. The molecule has 2 aliphatic rings. The van der Waals surface area contributed by atoms with Gasteiger partial charge in [0.25, 0.3) is 0 Å². The first-order valence-corrected chi connectivity index (χ1v) is 10.5. The van der Waals surface area contributed by atoms with Gasteiger partial charge in [0.2, 0.25) is 5.95 Å². The van der Waals surface area contributed by atoms with Gasteiger partial charge in [-0.3, -0.25) is 0 Å². The van der Waals surface area contributed by atoms with E-state index < -0.39 is 0 Å². The van der Waals surface area contributed by atoms with Crippen molar-refractivity contribution in [1.29, 1.82) is 0 Å². The predicted octanol–water partition coefficient (Wildman–Crippen LogP) is 2.55. The van der Waals surface area contributed by atoms with Crippen LogP contribution in [-0.2, 0) is 6.54 Å². The Balaban J connectivity index is 1.33. The van der Waals surface area contributed by atoms with Crippen molar-refractivity contribution in [2.24, 2.45) is 0 Å². The zero-order valence-electron chi connectivity index (χ0n) is 17.3. The van der Waals surface area contributed by atoms with Gasteiger partial charge in [0.1, 0.15) is 11.6 Å². The molecule has 2 aromatic rings. The van der Waals surface area contributed by atoms with E-state index in [4.69, 9.17) is 4.98 Å². The summed E-state index contributed by atoms with van der Waals surface area (Å²) < 4.78 is 0. The Morgan fingerprint density at radius 2 is 1.46 bits per heavy atom. The molecule has 0 saturated carbocycles. The van der Waals surface area contributed by atoms with E-state index in [1.54, 1.807) is 0 Å². The Morgan fingerprint density at radius 1 is 0.821 bits per heavy atom. The Labute approximate surface area is 167 Å². The second kappa shape index (κ2) is 8.39. The number of nitrogens with zero attached hydrogens (tertiary/aromatic N) is 6. The minimum atomic E-state index is 0.502. The summed E-state index contributed by atoms with van der Waals surface area (Å²) in [4.78, 5) is 23.3. The maximum atomic E-state index is 4.88. The first kappa shape index (κ1) is 19.1. The predicted molar refractivity (Wildman–Crippen MR) is 112 cm³/mol. The van der Waals surface area contributed by atoms with Gasteiger partial charge in [-0.05, 0) is 52.5 Å². The number of piperidine rings is 1. The van der Waals surface area contributed by atoms with Crippen LogP contribution in [0.4, 0.5) is 11.8 Å². The quantitative estimate of drug-likeness (QED) is 0.853. The van der Waals surface area contributed by atoms with E-state index in [0.717, 1.165) is 80.2 Å². The molecular weight excluding hydrogens is 350 g/mol. The Hall–Kier alpha value is -2.28. The normalized spacial score (nSPS) is 18.1. The second-order valence-corrected chi connectivity index (χ2v) is 8.07. The van der Waals surface area contributed by atoms with Gasteiger partial charge < -0.3 is 15.1 Å². The van der Waals surface area contributed by atoms with Crippen molar-refractivity contribution in [3.8, 4) is 0 Å². The van der Waals surface area contributed by atoms with Gasteiger partial charge in [-0.2, -0.15) is 4.98 Å². The third-order valence-corrected chi connectivity index (χ3v) is 5.61. The fraction of sp³-hybridized carbons (Fsp3) is 0.619. The molecular formula is C21H31N7. The summed E-state index contributed by atoms with van der Waals surface area (Å²) in [6.45, 7) is 11.0. The lowest BCUT2D eigenvalue weighted by Crippen LogP contribution is -2.43. The summed E-state index contributed by atoms with van der Waals surface area (Å²) in [5, 5.41) is 3.64. The van der Waals surface area contributed by atoms with Gasteiger partial charge in [-0.1, -0.05) is 0 Å². The van der Waals surface area contributed by atoms with E-state index in [-0.39, 0.29) is 0 Å². The number of hydrogen-bond acceptors (Lipinski definition) is 7. The van der Waals surface area contributed by atoms with Crippen molar-refractivity contribution in [3.63, 3.8) is 0 Å². The Bertz CT molecular complexity index is 788. The molecule has 0 amide bonds. The molecule has 4 heterocycles. The van der Waals surface area contributed by atoms with Gasteiger partial charge in [0.05, 0.1) is 6.54 Å². The summed E-state index contributed by atoms with van der Waals surface area (Å²) in [7, 11) is 0. The lowest BCUT2D eigenvalue weighted by atomic mass is 10.0. The molecule has 0 atom stereocenters. The van der Waals surface area contributed by atoms with Gasteiger partial charge in [0, 0.05) is 55.4 Å². The molecule has 150 valence electrons. The molecule has 0 aromatic carbocycles. The number of rotatable bonds is 5. The molecule has 1 N–H and O–H groups in total. The third-order valence-electron chi connectivity index (χ3n) is 5.61. The van der Waals surface area contributed by atoms with Crippen LogP contribution >= 0.6 is 0 Å². The Morgan fingerprint density at radius 3 is 2.14 bits per heavy atom. The lowest BCUT2D eigenvalue weighted by molar-refractivity contribution is 0.408. The molecule has 2 aliphatic heterocycles. The average molecular weight is 382 g/mol. The molecule has 28 heavy (non-hydrogen) atoms. The van der Waals surface area contributed by atoms with Crippen LogP contribution in [0.15, 0.2) is 12.1 Å². The van der Waals surface area contributed by atoms with Gasteiger partial charge in [-0.25, -0.2) is 15.0 Å². The smallest absolute Gasteiger partial charge is 0.227 e. The number of hydrogen-bond donors (Lipinski definition) is 1. The monoisotopic (exact) mass is 381 g/mol. The summed E-state index contributed by atoms with van der Waals surface area (Å²) >= 11 is 0. The minimum absolute atomic E-state index is 0.502. The first-order valence-electron chi connectivity index (χ1n) is 10.5. The molecule has 2 fully saturated rings. The van der Waals surface area contributed by atoms with Crippen LogP contribution in [0.25, 0.3) is 0 Å². The summed E-state index contributed by atoms with van der Waals surface area (Å²) in [6.07, 6.45) is 4.70. The molecule has 0 spiro atoms. The van der Waals surface area contributed by atoms with Crippen LogP contribution in [0.5, 0.6) is 0 Å². The highest BCUT2D eigenvalue weighted by molar-refractivity contribution is 5.46. The average Bonchev–Trinajstić information content (AvgIpc) is 3.20. The molecule has 4 rings (SSSR count). The fourth-order valence-corrected chi connectivity index (χ4v) is 4.18. The number of aryl methyl sites for hydroxylation is 3. The van der Waals surface area contributed by atoms with Crippen molar-refractivity contribution in [2.45, 2.75) is 59.0 Å². The molecule has 7 nitrogen and oxygen atoms in total. The first-order chi connectivity index (χ1) is 13.6. The molecule has 0 radical (unpaired) electrons. The summed E-state index contributed by atoms with van der Waals surface area (Å²) in [5.41, 5.74) is 3.12. The maximum Gasteiger partial charge on any atom is 0.227 e. The maximum absolute atomic E-state index is 4.88. The van der Waals surface area contributed by atoms with Gasteiger partial charge in [0.15, 0.2) is 0 Å². The van der Waals surface area contributed by atoms with E-state index in [9.17, 15) is 0 Å². The number of aromatic nitrogens is 4. The van der Waals surface area contributed by atoms with Crippen LogP contribution in [-0.4, -0.2) is 52.2 Å². The molecule has 7 heteroatoms. The van der Waals surface area contributed by atoms with Gasteiger partial charge >= 0.3 is 0 Å². The van der Waals surface area contributed by atoms with Gasteiger partial charge in [-0.15, -0.1) is 0 Å². The van der Waals surface area contributed by atoms with Crippen molar-refractivity contribution in [1.82, 2.24) is 25.3 Å². The second-order valence-electron chi connectivity index (χ2n) is 8.07. The highest BCUT2D eigenvalue weighted by atomic mass is 15.3. The van der Waals surface area contributed by atoms with E-state index in [2.05, 4.69) is 43.1 Å². The molecule has 0 bridgehead atoms. The molecule has 0 aliphatic carbocycles. The van der Waals surface area contributed by atoms with Crippen molar-refractivity contribution in [2.75, 3.05) is 36.0 Å². The highest BCUT2D eigenvalue weighted by Gasteiger charge is 2.22.